The lowest BCUT2D eigenvalue weighted by molar-refractivity contribution is -0.126. The van der Waals surface area contributed by atoms with Gasteiger partial charge < -0.3 is 16.0 Å². The maximum absolute atomic E-state index is 12.9. The minimum atomic E-state index is -0.132. The number of rotatable bonds is 7. The second-order valence-electron chi connectivity index (χ2n) is 8.43. The van der Waals surface area contributed by atoms with Crippen molar-refractivity contribution in [1.82, 2.24) is 16.0 Å². The molecule has 2 saturated carbocycles. The van der Waals surface area contributed by atoms with Crippen molar-refractivity contribution < 1.29 is 9.59 Å². The highest BCUT2D eigenvalue weighted by Gasteiger charge is 2.42. The standard InChI is InChI=1S/C23H35N3O2/c1-3-21(24-2)23(28)26-18-11-7-10-17-12-13-19(20(17)14-18)22(27)25-15-16-8-5-4-6-9-16/h4-6,8-9,17-21,24H,3,7,10-15H2,1-2H3,(H,25,27)(H,26,28)/t17-,18-,19+,20+,21-/m0/s1. The molecule has 1 aromatic carbocycles. The molecule has 0 heterocycles. The lowest BCUT2D eigenvalue weighted by Gasteiger charge is -2.27. The molecule has 0 aliphatic heterocycles. The predicted molar refractivity (Wildman–Crippen MR) is 112 cm³/mol. The van der Waals surface area contributed by atoms with Gasteiger partial charge in [0.2, 0.25) is 11.8 Å². The van der Waals surface area contributed by atoms with Crippen molar-refractivity contribution in [3.63, 3.8) is 0 Å². The number of nitrogens with one attached hydrogen (secondary N) is 3. The van der Waals surface area contributed by atoms with Gasteiger partial charge in [-0.15, -0.1) is 0 Å². The molecular weight excluding hydrogens is 350 g/mol. The van der Waals surface area contributed by atoms with Crippen LogP contribution in [0.25, 0.3) is 0 Å². The summed E-state index contributed by atoms with van der Waals surface area (Å²) in [4.78, 5) is 25.4. The fourth-order valence-corrected chi connectivity index (χ4v) is 5.13. The number of amides is 2. The second kappa shape index (κ2) is 10.1. The summed E-state index contributed by atoms with van der Waals surface area (Å²) in [6.45, 7) is 2.61. The first kappa shape index (κ1) is 20.8. The van der Waals surface area contributed by atoms with Gasteiger partial charge in [-0.1, -0.05) is 50.1 Å². The highest BCUT2D eigenvalue weighted by Crippen LogP contribution is 2.45. The highest BCUT2D eigenvalue weighted by molar-refractivity contribution is 5.82. The van der Waals surface area contributed by atoms with E-state index in [1.165, 1.54) is 6.42 Å². The molecule has 0 aromatic heterocycles. The minimum absolute atomic E-state index is 0.0810. The van der Waals surface area contributed by atoms with Crippen molar-refractivity contribution in [2.24, 2.45) is 17.8 Å². The van der Waals surface area contributed by atoms with Gasteiger partial charge in [-0.25, -0.2) is 0 Å². The molecule has 0 unspecified atom stereocenters. The quantitative estimate of drug-likeness (QED) is 0.676. The fraction of sp³-hybridized carbons (Fsp3) is 0.652. The van der Waals surface area contributed by atoms with Crippen LogP contribution in [0.2, 0.25) is 0 Å². The molecule has 2 fully saturated rings. The molecule has 0 saturated heterocycles. The number of benzene rings is 1. The first-order chi connectivity index (χ1) is 13.6. The molecule has 1 aromatic rings. The average Bonchev–Trinajstić information content (AvgIpc) is 2.99. The summed E-state index contributed by atoms with van der Waals surface area (Å²) in [5, 5.41) is 9.49. The normalized spacial score (nSPS) is 28.1. The Labute approximate surface area is 169 Å². The van der Waals surface area contributed by atoms with E-state index in [-0.39, 0.29) is 29.8 Å². The molecule has 5 heteroatoms. The smallest absolute Gasteiger partial charge is 0.237 e. The third kappa shape index (κ3) is 5.13. The Balaban J connectivity index is 1.58. The number of fused-ring (bicyclic) bond motifs is 1. The van der Waals surface area contributed by atoms with E-state index in [4.69, 9.17) is 0 Å². The largest absolute Gasteiger partial charge is 0.352 e. The Morgan fingerprint density at radius 2 is 1.89 bits per heavy atom. The Kier molecular flexibility index (Phi) is 7.49. The number of hydrogen-bond donors (Lipinski definition) is 3. The zero-order valence-corrected chi connectivity index (χ0v) is 17.2. The van der Waals surface area contributed by atoms with Crippen molar-refractivity contribution in [3.8, 4) is 0 Å². The van der Waals surface area contributed by atoms with Crippen LogP contribution >= 0.6 is 0 Å². The molecule has 2 amide bonds. The lowest BCUT2D eigenvalue weighted by atomic mass is 9.84. The SMILES string of the molecule is CC[C@H](NC)C(=O)N[C@H]1CCC[C@H]2CC[C@@H](C(=O)NCc3ccccc3)[C@@H]2C1. The third-order valence-corrected chi connectivity index (χ3v) is 6.72. The third-order valence-electron chi connectivity index (χ3n) is 6.72. The molecule has 0 spiro atoms. The van der Waals surface area contributed by atoms with Crippen LogP contribution in [-0.2, 0) is 16.1 Å². The highest BCUT2D eigenvalue weighted by atomic mass is 16.2. The Morgan fingerprint density at radius 1 is 1.11 bits per heavy atom. The van der Waals surface area contributed by atoms with Crippen molar-refractivity contribution in [2.75, 3.05) is 7.05 Å². The summed E-state index contributed by atoms with van der Waals surface area (Å²) in [7, 11) is 1.83. The number of carbonyl (C=O) groups is 2. The molecule has 28 heavy (non-hydrogen) atoms. The van der Waals surface area contributed by atoms with Gasteiger partial charge >= 0.3 is 0 Å². The van der Waals surface area contributed by atoms with E-state index in [1.54, 1.807) is 0 Å². The van der Waals surface area contributed by atoms with E-state index >= 15 is 0 Å². The van der Waals surface area contributed by atoms with Gasteiger partial charge in [0.25, 0.3) is 0 Å². The molecule has 2 aliphatic rings. The lowest BCUT2D eigenvalue weighted by Crippen LogP contribution is -2.47. The molecule has 5 atom stereocenters. The molecule has 3 rings (SSSR count). The van der Waals surface area contributed by atoms with Gasteiger partial charge in [0.1, 0.15) is 0 Å². The zero-order valence-electron chi connectivity index (χ0n) is 17.2. The summed E-state index contributed by atoms with van der Waals surface area (Å²) >= 11 is 0. The van der Waals surface area contributed by atoms with E-state index in [0.717, 1.165) is 44.1 Å². The Bertz CT molecular complexity index is 645. The maximum atomic E-state index is 12.9. The van der Waals surface area contributed by atoms with Gasteiger partial charge in [0.15, 0.2) is 0 Å². The van der Waals surface area contributed by atoms with Crippen LogP contribution in [0, 0.1) is 17.8 Å². The Hall–Kier alpha value is -1.88. The molecule has 3 N–H and O–H groups in total. The van der Waals surface area contributed by atoms with E-state index in [9.17, 15) is 9.59 Å². The summed E-state index contributed by atoms with van der Waals surface area (Å²) in [5.41, 5.74) is 1.13. The number of carbonyl (C=O) groups excluding carboxylic acids is 2. The van der Waals surface area contributed by atoms with Crippen LogP contribution < -0.4 is 16.0 Å². The minimum Gasteiger partial charge on any atom is -0.352 e. The van der Waals surface area contributed by atoms with Gasteiger partial charge in [0, 0.05) is 18.5 Å². The van der Waals surface area contributed by atoms with Crippen LogP contribution in [0.1, 0.15) is 57.4 Å². The molecule has 0 bridgehead atoms. The first-order valence-electron chi connectivity index (χ1n) is 10.9. The molecular formula is C23H35N3O2. The van der Waals surface area contributed by atoms with Crippen molar-refractivity contribution in [3.05, 3.63) is 35.9 Å². The van der Waals surface area contributed by atoms with Crippen molar-refractivity contribution >= 4 is 11.8 Å². The van der Waals surface area contributed by atoms with E-state index < -0.39 is 0 Å². The fourth-order valence-electron chi connectivity index (χ4n) is 5.13. The van der Waals surface area contributed by atoms with Gasteiger partial charge in [-0.05, 0) is 56.6 Å². The first-order valence-corrected chi connectivity index (χ1v) is 10.9. The van der Waals surface area contributed by atoms with Crippen LogP contribution in [0.4, 0.5) is 0 Å². The summed E-state index contributed by atoms with van der Waals surface area (Å²) < 4.78 is 0. The predicted octanol–water partition coefficient (Wildman–Crippen LogP) is 3.00. The van der Waals surface area contributed by atoms with Crippen molar-refractivity contribution in [1.29, 1.82) is 0 Å². The van der Waals surface area contributed by atoms with Gasteiger partial charge in [-0.2, -0.15) is 0 Å². The van der Waals surface area contributed by atoms with E-state index in [1.807, 2.05) is 44.3 Å². The Morgan fingerprint density at radius 3 is 2.61 bits per heavy atom. The molecule has 154 valence electrons. The summed E-state index contributed by atoms with van der Waals surface area (Å²) in [5.74, 6) is 1.37. The monoisotopic (exact) mass is 385 g/mol. The van der Waals surface area contributed by atoms with Crippen molar-refractivity contribution in [2.45, 2.75) is 70.5 Å². The summed E-state index contributed by atoms with van der Waals surface area (Å²) in [6, 6.07) is 10.1. The van der Waals surface area contributed by atoms with Gasteiger partial charge in [0.05, 0.1) is 6.04 Å². The van der Waals surface area contributed by atoms with E-state index in [0.29, 0.717) is 18.4 Å². The topological polar surface area (TPSA) is 70.2 Å². The maximum Gasteiger partial charge on any atom is 0.237 e. The zero-order chi connectivity index (χ0) is 19.9. The van der Waals surface area contributed by atoms with Crippen LogP contribution in [0.15, 0.2) is 30.3 Å². The van der Waals surface area contributed by atoms with E-state index in [2.05, 4.69) is 16.0 Å². The second-order valence-corrected chi connectivity index (χ2v) is 8.43. The van der Waals surface area contributed by atoms with Gasteiger partial charge in [-0.3, -0.25) is 9.59 Å². The number of hydrogen-bond acceptors (Lipinski definition) is 3. The number of likely N-dealkylation sites (N-methyl/N-ethyl adjacent to an activating group) is 1. The molecule has 5 nitrogen and oxygen atoms in total. The van der Waals surface area contributed by atoms with Crippen LogP contribution in [0.5, 0.6) is 0 Å². The molecule has 0 radical (unpaired) electrons. The average molecular weight is 386 g/mol. The van der Waals surface area contributed by atoms with Crippen LogP contribution in [0.3, 0.4) is 0 Å². The molecule has 2 aliphatic carbocycles. The summed E-state index contributed by atoms with van der Waals surface area (Å²) in [6.07, 6.45) is 7.18. The van der Waals surface area contributed by atoms with Crippen LogP contribution in [-0.4, -0.2) is 30.9 Å².